The highest BCUT2D eigenvalue weighted by atomic mass is 35.5. The Morgan fingerprint density at radius 3 is 2.85 bits per heavy atom. The van der Waals surface area contributed by atoms with Gasteiger partial charge in [-0.2, -0.15) is 0 Å². The molecular formula is C8H6ClN3O. The Bertz CT molecular complexity index is 371. The van der Waals surface area contributed by atoms with Crippen LogP contribution in [0.25, 0.3) is 0 Å². The number of aromatic amines is 1. The molecule has 0 unspecified atom stereocenters. The summed E-state index contributed by atoms with van der Waals surface area (Å²) in [6, 6.07) is 3.39. The lowest BCUT2D eigenvalue weighted by molar-refractivity contribution is 0.447. The fraction of sp³-hybridized carbons (Fsp3) is 0. The minimum absolute atomic E-state index is 0.480. The van der Waals surface area contributed by atoms with Crippen molar-refractivity contribution in [2.45, 2.75) is 0 Å². The van der Waals surface area contributed by atoms with E-state index >= 15 is 0 Å². The van der Waals surface area contributed by atoms with Crippen molar-refractivity contribution in [1.82, 2.24) is 15.0 Å². The van der Waals surface area contributed by atoms with Crippen molar-refractivity contribution in [2.24, 2.45) is 0 Å². The second-order valence-corrected chi connectivity index (χ2v) is 2.77. The molecule has 0 aliphatic rings. The molecule has 2 rings (SSSR count). The molecule has 0 saturated carbocycles. The largest absolute Gasteiger partial charge is 0.421 e. The normalized spacial score (nSPS) is 9.92. The van der Waals surface area contributed by atoms with Gasteiger partial charge in [-0.1, -0.05) is 11.6 Å². The highest BCUT2D eigenvalue weighted by molar-refractivity contribution is 6.30. The summed E-state index contributed by atoms with van der Waals surface area (Å²) in [4.78, 5) is 10.5. The Balaban J connectivity index is 2.15. The number of pyridine rings is 1. The number of hydrogen-bond acceptors (Lipinski definition) is 3. The summed E-state index contributed by atoms with van der Waals surface area (Å²) in [6.07, 6.45) is 4.62. The maximum absolute atomic E-state index is 5.66. The predicted molar refractivity (Wildman–Crippen MR) is 47.9 cm³/mol. The summed E-state index contributed by atoms with van der Waals surface area (Å²) >= 11 is 5.66. The maximum atomic E-state index is 5.66. The lowest BCUT2D eigenvalue weighted by Crippen LogP contribution is -1.86. The maximum Gasteiger partial charge on any atom is 0.221 e. The molecule has 0 radical (unpaired) electrons. The van der Waals surface area contributed by atoms with Crippen molar-refractivity contribution in [3.63, 3.8) is 0 Å². The molecule has 0 aliphatic heterocycles. The van der Waals surface area contributed by atoms with E-state index in [1.54, 1.807) is 18.3 Å². The SMILES string of the molecule is Clc1ccc(Oc2cnc[nH]2)nc1. The quantitative estimate of drug-likeness (QED) is 0.800. The van der Waals surface area contributed by atoms with Crippen LogP contribution in [-0.2, 0) is 0 Å². The number of nitrogens with zero attached hydrogens (tertiary/aromatic N) is 2. The molecule has 0 amide bonds. The third-order valence-electron chi connectivity index (χ3n) is 1.39. The predicted octanol–water partition coefficient (Wildman–Crippen LogP) is 2.25. The number of ether oxygens (including phenoxy) is 1. The molecule has 2 aromatic rings. The molecule has 0 aromatic carbocycles. The number of aromatic nitrogens is 3. The zero-order valence-corrected chi connectivity index (χ0v) is 7.32. The minimum atomic E-state index is 0.480. The monoisotopic (exact) mass is 195 g/mol. The number of nitrogens with one attached hydrogen (secondary N) is 1. The van der Waals surface area contributed by atoms with E-state index in [1.807, 2.05) is 0 Å². The third kappa shape index (κ3) is 1.97. The number of H-pyrrole nitrogens is 1. The van der Waals surface area contributed by atoms with Gasteiger partial charge in [-0.15, -0.1) is 0 Å². The zero-order chi connectivity index (χ0) is 9.10. The molecule has 0 aliphatic carbocycles. The Morgan fingerprint density at radius 1 is 1.31 bits per heavy atom. The highest BCUT2D eigenvalue weighted by Gasteiger charge is 1.98. The Hall–Kier alpha value is -1.55. The van der Waals surface area contributed by atoms with Crippen LogP contribution in [0.5, 0.6) is 11.8 Å². The summed E-state index contributed by atoms with van der Waals surface area (Å²) in [5.41, 5.74) is 0. The standard InChI is InChI=1S/C8H6ClN3O/c9-6-1-2-7(11-3-6)13-8-4-10-5-12-8/h1-5H,(H,10,12). The summed E-state index contributed by atoms with van der Waals surface area (Å²) in [5.74, 6) is 1.03. The molecule has 0 atom stereocenters. The van der Waals surface area contributed by atoms with Gasteiger partial charge < -0.3 is 9.72 Å². The first-order valence-corrected chi connectivity index (χ1v) is 4.00. The van der Waals surface area contributed by atoms with Gasteiger partial charge in [-0.05, 0) is 6.07 Å². The van der Waals surface area contributed by atoms with Gasteiger partial charge in [-0.3, -0.25) is 0 Å². The smallest absolute Gasteiger partial charge is 0.221 e. The van der Waals surface area contributed by atoms with E-state index < -0.39 is 0 Å². The number of hydrogen-bond donors (Lipinski definition) is 1. The minimum Gasteiger partial charge on any atom is -0.421 e. The van der Waals surface area contributed by atoms with Crippen molar-refractivity contribution in [3.8, 4) is 11.8 Å². The van der Waals surface area contributed by atoms with E-state index in [0.717, 1.165) is 0 Å². The Morgan fingerprint density at radius 2 is 2.23 bits per heavy atom. The lowest BCUT2D eigenvalue weighted by Gasteiger charge is -1.99. The van der Waals surface area contributed by atoms with E-state index in [2.05, 4.69) is 15.0 Å². The first-order valence-electron chi connectivity index (χ1n) is 3.62. The molecule has 0 saturated heterocycles. The van der Waals surface area contributed by atoms with Crippen molar-refractivity contribution < 1.29 is 4.74 Å². The van der Waals surface area contributed by atoms with Crippen molar-refractivity contribution in [1.29, 1.82) is 0 Å². The van der Waals surface area contributed by atoms with Crippen LogP contribution >= 0.6 is 11.6 Å². The van der Waals surface area contributed by atoms with Gasteiger partial charge in [0, 0.05) is 12.3 Å². The molecule has 1 N–H and O–H groups in total. The zero-order valence-electron chi connectivity index (χ0n) is 6.57. The highest BCUT2D eigenvalue weighted by Crippen LogP contribution is 2.17. The Labute approximate surface area is 79.6 Å². The molecule has 13 heavy (non-hydrogen) atoms. The van der Waals surface area contributed by atoms with Crippen LogP contribution in [0.4, 0.5) is 0 Å². The van der Waals surface area contributed by atoms with Crippen LogP contribution in [0.1, 0.15) is 0 Å². The van der Waals surface area contributed by atoms with Gasteiger partial charge in [-0.25, -0.2) is 9.97 Å². The Kier molecular flexibility index (Phi) is 2.14. The van der Waals surface area contributed by atoms with Gasteiger partial charge >= 0.3 is 0 Å². The van der Waals surface area contributed by atoms with Gasteiger partial charge in [0.2, 0.25) is 11.8 Å². The van der Waals surface area contributed by atoms with Crippen LogP contribution < -0.4 is 4.74 Å². The van der Waals surface area contributed by atoms with Gasteiger partial charge in [0.05, 0.1) is 17.5 Å². The summed E-state index contributed by atoms with van der Waals surface area (Å²) in [7, 11) is 0. The average molecular weight is 196 g/mol. The third-order valence-corrected chi connectivity index (χ3v) is 1.61. The van der Waals surface area contributed by atoms with Crippen LogP contribution in [0.2, 0.25) is 5.02 Å². The lowest BCUT2D eigenvalue weighted by atomic mass is 10.5. The van der Waals surface area contributed by atoms with Crippen molar-refractivity contribution >= 4 is 11.6 Å². The molecule has 4 nitrogen and oxygen atoms in total. The second-order valence-electron chi connectivity index (χ2n) is 2.33. The first kappa shape index (κ1) is 8.07. The van der Waals surface area contributed by atoms with Crippen LogP contribution in [0, 0.1) is 0 Å². The van der Waals surface area contributed by atoms with E-state index in [0.29, 0.717) is 16.8 Å². The van der Waals surface area contributed by atoms with Crippen molar-refractivity contribution in [2.75, 3.05) is 0 Å². The second kappa shape index (κ2) is 3.45. The average Bonchev–Trinajstić information content (AvgIpc) is 2.62. The van der Waals surface area contributed by atoms with Gasteiger partial charge in [0.1, 0.15) is 0 Å². The van der Waals surface area contributed by atoms with E-state index in [-0.39, 0.29) is 0 Å². The van der Waals surface area contributed by atoms with Crippen molar-refractivity contribution in [3.05, 3.63) is 35.9 Å². The van der Waals surface area contributed by atoms with E-state index in [1.165, 1.54) is 12.5 Å². The molecule has 66 valence electrons. The van der Waals surface area contributed by atoms with Gasteiger partial charge in [0.25, 0.3) is 0 Å². The van der Waals surface area contributed by atoms with Crippen LogP contribution in [-0.4, -0.2) is 15.0 Å². The number of halogens is 1. The fourth-order valence-corrected chi connectivity index (χ4v) is 0.946. The number of rotatable bonds is 2. The summed E-state index contributed by atoms with van der Waals surface area (Å²) in [5, 5.41) is 0.581. The van der Waals surface area contributed by atoms with Crippen LogP contribution in [0.15, 0.2) is 30.9 Å². The van der Waals surface area contributed by atoms with Gasteiger partial charge in [0.15, 0.2) is 0 Å². The molecule has 0 fully saturated rings. The molecule has 2 heterocycles. The molecular weight excluding hydrogens is 190 g/mol. The molecule has 0 bridgehead atoms. The summed E-state index contributed by atoms with van der Waals surface area (Å²) < 4.78 is 5.29. The topological polar surface area (TPSA) is 50.8 Å². The fourth-order valence-electron chi connectivity index (χ4n) is 0.834. The molecule has 0 spiro atoms. The molecule has 2 aromatic heterocycles. The van der Waals surface area contributed by atoms with E-state index in [4.69, 9.17) is 16.3 Å². The first-order chi connectivity index (χ1) is 6.34. The van der Waals surface area contributed by atoms with E-state index in [9.17, 15) is 0 Å². The molecule has 5 heteroatoms. The summed E-state index contributed by atoms with van der Waals surface area (Å²) in [6.45, 7) is 0. The number of imidazole rings is 1. The van der Waals surface area contributed by atoms with Crippen LogP contribution in [0.3, 0.4) is 0 Å².